The Morgan fingerprint density at radius 2 is 0.367 bits per heavy atom. The highest BCUT2D eigenvalue weighted by atomic mass is 31.2. The molecule has 0 aliphatic rings. The number of esters is 4. The molecular formula is C90H176O17P2. The van der Waals surface area contributed by atoms with Gasteiger partial charge in [-0.15, -0.1) is 0 Å². The standard InChI is InChI=1S/C90H176O17P2/c1-5-9-13-17-21-25-28-31-34-37-39-41-43-45-48-50-53-56-59-63-67-71-75-88(93)101-81-86(107-90(95)77-73-69-65-61-58-55-52-49-46-44-42-40-38-35-32-29-26-22-18-14-10-6-2)83-105-109(98,99)103-79-84(91)78-102-108(96,97)104-82-85(80-100-87(92)74-70-66-62-24-20-16-12-8-4)106-89(94)76-72-68-64-60-57-54-51-47-36-33-30-27-23-19-15-11-7-3/h84-86,91H,5-83H2,1-4H3,(H,96,97)(H,98,99)/t84-,85+,86+/m0/s1. The normalized spacial score (nSPS) is 13.6. The van der Waals surface area contributed by atoms with Gasteiger partial charge >= 0.3 is 39.5 Å². The van der Waals surface area contributed by atoms with E-state index in [0.717, 1.165) is 89.9 Å². The van der Waals surface area contributed by atoms with E-state index in [1.54, 1.807) is 0 Å². The zero-order valence-corrected chi connectivity index (χ0v) is 73.3. The van der Waals surface area contributed by atoms with E-state index < -0.39 is 97.5 Å². The van der Waals surface area contributed by atoms with E-state index >= 15 is 0 Å². The van der Waals surface area contributed by atoms with E-state index in [9.17, 15) is 43.2 Å². The average molecular weight is 1590 g/mol. The van der Waals surface area contributed by atoms with E-state index in [1.165, 1.54) is 327 Å². The summed E-state index contributed by atoms with van der Waals surface area (Å²) in [6, 6.07) is 0. The number of unbranched alkanes of at least 4 members (excludes halogenated alkanes) is 65. The maximum Gasteiger partial charge on any atom is 0.472 e. The van der Waals surface area contributed by atoms with Crippen molar-refractivity contribution in [2.24, 2.45) is 0 Å². The lowest BCUT2D eigenvalue weighted by Crippen LogP contribution is -2.30. The number of rotatable bonds is 91. The van der Waals surface area contributed by atoms with Crippen LogP contribution in [0.1, 0.15) is 496 Å². The third-order valence-electron chi connectivity index (χ3n) is 21.4. The minimum atomic E-state index is -4.97. The summed E-state index contributed by atoms with van der Waals surface area (Å²) in [6.07, 6.45) is 80.9. The third kappa shape index (κ3) is 83.8. The molecule has 0 bridgehead atoms. The van der Waals surface area contributed by atoms with Gasteiger partial charge in [0, 0.05) is 25.7 Å². The monoisotopic (exact) mass is 1590 g/mol. The van der Waals surface area contributed by atoms with Crippen molar-refractivity contribution in [3.8, 4) is 0 Å². The van der Waals surface area contributed by atoms with Gasteiger partial charge in [0.1, 0.15) is 19.3 Å². The predicted molar refractivity (Wildman–Crippen MR) is 451 cm³/mol. The largest absolute Gasteiger partial charge is 0.472 e. The fourth-order valence-corrected chi connectivity index (χ4v) is 15.8. The predicted octanol–water partition coefficient (Wildman–Crippen LogP) is 28.1. The molecule has 0 aromatic heterocycles. The van der Waals surface area contributed by atoms with Crippen molar-refractivity contribution in [2.75, 3.05) is 39.6 Å². The molecule has 0 aromatic rings. The van der Waals surface area contributed by atoms with E-state index in [1.807, 2.05) is 0 Å². The molecule has 5 atom stereocenters. The van der Waals surface area contributed by atoms with Gasteiger partial charge in [0.05, 0.1) is 26.4 Å². The third-order valence-corrected chi connectivity index (χ3v) is 23.3. The molecule has 0 aliphatic heterocycles. The molecule has 0 aliphatic carbocycles. The Morgan fingerprint density at radius 3 is 0.541 bits per heavy atom. The van der Waals surface area contributed by atoms with Gasteiger partial charge in [-0.05, 0) is 25.7 Å². The minimum Gasteiger partial charge on any atom is -0.462 e. The molecule has 2 unspecified atom stereocenters. The lowest BCUT2D eigenvalue weighted by molar-refractivity contribution is -0.161. The van der Waals surface area contributed by atoms with Gasteiger partial charge < -0.3 is 33.8 Å². The molecule has 0 aromatic carbocycles. The van der Waals surface area contributed by atoms with Crippen LogP contribution < -0.4 is 0 Å². The fourth-order valence-electron chi connectivity index (χ4n) is 14.2. The van der Waals surface area contributed by atoms with E-state index in [2.05, 4.69) is 27.7 Å². The van der Waals surface area contributed by atoms with E-state index in [-0.39, 0.29) is 25.7 Å². The highest BCUT2D eigenvalue weighted by Crippen LogP contribution is 2.45. The van der Waals surface area contributed by atoms with Crippen LogP contribution in [0, 0.1) is 0 Å². The molecule has 648 valence electrons. The SMILES string of the molecule is CCCCCCCCCCCCCCCCCCCCCCCCC(=O)OC[C@H](COP(=O)(O)OC[C@@H](O)COP(=O)(O)OC[C@@H](COC(=O)CCCCCCCCCC)OC(=O)CCCCCCCCCCCCCCCCCCC)OC(=O)CCCCCCCCCCCCCCCCCCCCCCCC. The Labute approximate surface area is 670 Å². The Balaban J connectivity index is 5.16. The summed E-state index contributed by atoms with van der Waals surface area (Å²) in [5.41, 5.74) is 0. The lowest BCUT2D eigenvalue weighted by atomic mass is 10.0. The number of carbonyl (C=O) groups is 4. The highest BCUT2D eigenvalue weighted by Gasteiger charge is 2.30. The maximum atomic E-state index is 13.2. The number of phosphoric ester groups is 2. The first-order valence-corrected chi connectivity index (χ1v) is 49.8. The number of aliphatic hydroxyl groups excluding tert-OH is 1. The van der Waals surface area contributed by atoms with E-state index in [4.69, 9.17) is 37.0 Å². The summed E-state index contributed by atoms with van der Waals surface area (Å²) in [7, 11) is -9.93. The molecule has 0 amide bonds. The highest BCUT2D eigenvalue weighted by molar-refractivity contribution is 7.47. The Morgan fingerprint density at radius 1 is 0.220 bits per heavy atom. The van der Waals surface area contributed by atoms with Crippen LogP contribution in [-0.4, -0.2) is 96.7 Å². The topological polar surface area (TPSA) is 237 Å². The van der Waals surface area contributed by atoms with Crippen molar-refractivity contribution in [3.05, 3.63) is 0 Å². The van der Waals surface area contributed by atoms with E-state index in [0.29, 0.717) is 25.7 Å². The summed E-state index contributed by atoms with van der Waals surface area (Å²) < 4.78 is 68.9. The minimum absolute atomic E-state index is 0.109. The molecule has 0 rings (SSSR count). The molecule has 0 heterocycles. The van der Waals surface area contributed by atoms with Gasteiger partial charge in [0.25, 0.3) is 0 Å². The first-order chi connectivity index (χ1) is 53.2. The zero-order chi connectivity index (χ0) is 79.6. The smallest absolute Gasteiger partial charge is 0.462 e. The van der Waals surface area contributed by atoms with Gasteiger partial charge in [-0.1, -0.05) is 445 Å². The van der Waals surface area contributed by atoms with Crippen LogP contribution in [0.4, 0.5) is 0 Å². The van der Waals surface area contributed by atoms with Gasteiger partial charge in [-0.3, -0.25) is 37.3 Å². The summed E-state index contributed by atoms with van der Waals surface area (Å²) in [5, 5.41) is 10.7. The molecule has 0 spiro atoms. The molecular weight excluding hydrogens is 1410 g/mol. The van der Waals surface area contributed by atoms with Crippen LogP contribution in [-0.2, 0) is 65.4 Å². The van der Waals surface area contributed by atoms with Crippen LogP contribution >= 0.6 is 15.6 Å². The number of phosphoric acid groups is 2. The molecule has 17 nitrogen and oxygen atoms in total. The molecule has 3 N–H and O–H groups in total. The first kappa shape index (κ1) is 107. The molecule has 0 fully saturated rings. The Hall–Kier alpha value is -1.94. The number of hydrogen-bond donors (Lipinski definition) is 3. The first-order valence-electron chi connectivity index (χ1n) is 46.8. The summed E-state index contributed by atoms with van der Waals surface area (Å²) in [4.78, 5) is 73.2. The number of ether oxygens (including phenoxy) is 4. The van der Waals surface area contributed by atoms with Crippen LogP contribution in [0.2, 0.25) is 0 Å². The van der Waals surface area contributed by atoms with Crippen molar-refractivity contribution in [1.82, 2.24) is 0 Å². The van der Waals surface area contributed by atoms with Crippen LogP contribution in [0.5, 0.6) is 0 Å². The maximum absolute atomic E-state index is 13.2. The zero-order valence-electron chi connectivity index (χ0n) is 71.5. The second-order valence-corrected chi connectivity index (χ2v) is 35.3. The number of carbonyl (C=O) groups excluding carboxylic acids is 4. The molecule has 109 heavy (non-hydrogen) atoms. The Bertz CT molecular complexity index is 2050. The molecule has 19 heteroatoms. The summed E-state index contributed by atoms with van der Waals surface area (Å²) >= 11 is 0. The van der Waals surface area contributed by atoms with Gasteiger partial charge in [0.15, 0.2) is 12.2 Å². The van der Waals surface area contributed by atoms with Gasteiger partial charge in [0.2, 0.25) is 0 Å². The number of hydrogen-bond acceptors (Lipinski definition) is 15. The van der Waals surface area contributed by atoms with Crippen molar-refractivity contribution in [1.29, 1.82) is 0 Å². The lowest BCUT2D eigenvalue weighted by Gasteiger charge is -2.21. The second-order valence-electron chi connectivity index (χ2n) is 32.3. The van der Waals surface area contributed by atoms with Crippen LogP contribution in [0.3, 0.4) is 0 Å². The second kappa shape index (κ2) is 84.0. The summed E-state index contributed by atoms with van der Waals surface area (Å²) in [6.45, 7) is 5.05. The quantitative estimate of drug-likeness (QED) is 0.0222. The summed E-state index contributed by atoms with van der Waals surface area (Å²) in [5.74, 6) is -2.10. The van der Waals surface area contributed by atoms with Crippen LogP contribution in [0.15, 0.2) is 0 Å². The number of aliphatic hydroxyl groups is 1. The fraction of sp³-hybridized carbons (Fsp3) is 0.956. The van der Waals surface area contributed by atoms with Crippen molar-refractivity contribution >= 4 is 39.5 Å². The van der Waals surface area contributed by atoms with Crippen molar-refractivity contribution in [3.63, 3.8) is 0 Å². The van der Waals surface area contributed by atoms with Crippen molar-refractivity contribution in [2.45, 2.75) is 515 Å². The average Bonchev–Trinajstić information content (AvgIpc) is 0.925. The molecule has 0 saturated carbocycles. The van der Waals surface area contributed by atoms with Crippen LogP contribution in [0.25, 0.3) is 0 Å². The van der Waals surface area contributed by atoms with Crippen molar-refractivity contribution < 1.29 is 80.2 Å². The molecule has 0 radical (unpaired) electrons. The van der Waals surface area contributed by atoms with Gasteiger partial charge in [-0.2, -0.15) is 0 Å². The van der Waals surface area contributed by atoms with Gasteiger partial charge in [-0.25, -0.2) is 9.13 Å². The molecule has 0 saturated heterocycles. The Kier molecular flexibility index (Phi) is 82.5.